The van der Waals surface area contributed by atoms with Gasteiger partial charge < -0.3 is 9.67 Å². The third kappa shape index (κ3) is 1.43. The molecule has 15 heavy (non-hydrogen) atoms. The first-order valence-corrected chi connectivity index (χ1v) is 6.21. The van der Waals surface area contributed by atoms with Crippen molar-refractivity contribution in [2.45, 2.75) is 25.4 Å². The third-order valence-electron chi connectivity index (χ3n) is 3.06. The fourth-order valence-electron chi connectivity index (χ4n) is 2.30. The Morgan fingerprint density at radius 1 is 1.40 bits per heavy atom. The summed E-state index contributed by atoms with van der Waals surface area (Å²) in [6.07, 6.45) is 4.88. The quantitative estimate of drug-likeness (QED) is 0.783. The Bertz CT molecular complexity index is 458. The molecule has 0 bridgehead atoms. The Labute approximate surface area is 92.8 Å². The largest absolute Gasteiger partial charge is 0.388 e. The Hall–Kier alpha value is -1.06. The normalized spacial score (nSPS) is 20.2. The highest BCUT2D eigenvalue weighted by Gasteiger charge is 2.21. The van der Waals surface area contributed by atoms with Gasteiger partial charge in [-0.1, -0.05) is 0 Å². The standard InChI is InChI=1S/C12H13NOS/c14-12-3-1-2-11-10(12)4-6-13(11)9-5-7-15-8-9/h4-8,12,14H,1-3H2. The van der Waals surface area contributed by atoms with Gasteiger partial charge in [-0.3, -0.25) is 0 Å². The van der Waals surface area contributed by atoms with E-state index in [0.29, 0.717) is 0 Å². The molecule has 78 valence electrons. The molecule has 0 spiro atoms. The lowest BCUT2D eigenvalue weighted by molar-refractivity contribution is 0.156. The second-order valence-electron chi connectivity index (χ2n) is 3.98. The lowest BCUT2D eigenvalue weighted by Gasteiger charge is -2.19. The van der Waals surface area contributed by atoms with Crippen molar-refractivity contribution in [3.63, 3.8) is 0 Å². The fraction of sp³-hybridized carbons (Fsp3) is 0.333. The van der Waals surface area contributed by atoms with Crippen LogP contribution in [0.25, 0.3) is 5.69 Å². The predicted octanol–water partition coefficient (Wildman–Crippen LogP) is 2.91. The zero-order valence-electron chi connectivity index (χ0n) is 8.39. The van der Waals surface area contributed by atoms with Crippen LogP contribution in [0.1, 0.15) is 30.2 Å². The number of hydrogen-bond donors (Lipinski definition) is 1. The van der Waals surface area contributed by atoms with E-state index in [4.69, 9.17) is 0 Å². The minimum atomic E-state index is -0.256. The van der Waals surface area contributed by atoms with Crippen LogP contribution in [-0.4, -0.2) is 9.67 Å². The zero-order chi connectivity index (χ0) is 10.3. The average molecular weight is 219 g/mol. The van der Waals surface area contributed by atoms with Crippen molar-refractivity contribution in [3.05, 3.63) is 40.3 Å². The molecule has 2 aromatic heterocycles. The van der Waals surface area contributed by atoms with Gasteiger partial charge in [0.25, 0.3) is 0 Å². The maximum Gasteiger partial charge on any atom is 0.0807 e. The van der Waals surface area contributed by atoms with Crippen molar-refractivity contribution < 1.29 is 5.11 Å². The maximum absolute atomic E-state index is 9.86. The molecule has 0 aromatic carbocycles. The average Bonchev–Trinajstić information content (AvgIpc) is 2.85. The summed E-state index contributed by atoms with van der Waals surface area (Å²) in [7, 11) is 0. The van der Waals surface area contributed by atoms with E-state index in [2.05, 4.69) is 33.7 Å². The summed E-state index contributed by atoms with van der Waals surface area (Å²) >= 11 is 1.71. The molecule has 0 saturated carbocycles. The second kappa shape index (κ2) is 3.51. The highest BCUT2D eigenvalue weighted by Crippen LogP contribution is 2.32. The highest BCUT2D eigenvalue weighted by atomic mass is 32.1. The van der Waals surface area contributed by atoms with Crippen LogP contribution in [0.15, 0.2) is 29.1 Å². The summed E-state index contributed by atoms with van der Waals surface area (Å²) in [6.45, 7) is 0. The van der Waals surface area contributed by atoms with Crippen LogP contribution in [0.2, 0.25) is 0 Å². The second-order valence-corrected chi connectivity index (χ2v) is 4.76. The van der Waals surface area contributed by atoms with Crippen molar-refractivity contribution >= 4 is 11.3 Å². The molecule has 0 amide bonds. The smallest absolute Gasteiger partial charge is 0.0807 e. The van der Waals surface area contributed by atoms with Gasteiger partial charge in [0.1, 0.15) is 0 Å². The summed E-state index contributed by atoms with van der Waals surface area (Å²) in [5.41, 5.74) is 3.62. The molecule has 1 atom stereocenters. The number of hydrogen-bond acceptors (Lipinski definition) is 2. The Morgan fingerprint density at radius 3 is 3.13 bits per heavy atom. The van der Waals surface area contributed by atoms with E-state index in [1.165, 1.54) is 11.4 Å². The van der Waals surface area contributed by atoms with Gasteiger partial charge in [0.2, 0.25) is 0 Å². The van der Waals surface area contributed by atoms with Crippen LogP contribution in [0, 0.1) is 0 Å². The van der Waals surface area contributed by atoms with Crippen LogP contribution in [-0.2, 0) is 6.42 Å². The van der Waals surface area contributed by atoms with Crippen LogP contribution in [0.5, 0.6) is 0 Å². The number of aliphatic hydroxyl groups is 1. The Kier molecular flexibility index (Phi) is 2.15. The molecule has 3 heteroatoms. The van der Waals surface area contributed by atoms with E-state index >= 15 is 0 Å². The monoisotopic (exact) mass is 219 g/mol. The van der Waals surface area contributed by atoms with Crippen LogP contribution >= 0.6 is 11.3 Å². The number of rotatable bonds is 1. The molecule has 1 aliphatic rings. The van der Waals surface area contributed by atoms with Gasteiger partial charge in [-0.2, -0.15) is 11.3 Å². The summed E-state index contributed by atoms with van der Waals surface area (Å²) in [6, 6.07) is 4.17. The third-order valence-corrected chi connectivity index (χ3v) is 3.73. The fourth-order valence-corrected chi connectivity index (χ4v) is 2.93. The van der Waals surface area contributed by atoms with Gasteiger partial charge in [0.05, 0.1) is 11.8 Å². The molecule has 1 unspecified atom stereocenters. The van der Waals surface area contributed by atoms with Crippen LogP contribution < -0.4 is 0 Å². The number of aliphatic hydroxyl groups excluding tert-OH is 1. The molecule has 3 rings (SSSR count). The van der Waals surface area contributed by atoms with Crippen LogP contribution in [0.3, 0.4) is 0 Å². The van der Waals surface area contributed by atoms with E-state index < -0.39 is 0 Å². The van der Waals surface area contributed by atoms with Crippen molar-refractivity contribution in [1.82, 2.24) is 4.57 Å². The summed E-state index contributed by atoms with van der Waals surface area (Å²) in [4.78, 5) is 0. The predicted molar refractivity (Wildman–Crippen MR) is 61.5 cm³/mol. The summed E-state index contributed by atoms with van der Waals surface area (Å²) in [5, 5.41) is 14.1. The molecule has 0 aliphatic heterocycles. The molecular formula is C12H13NOS. The molecule has 2 heterocycles. The molecule has 0 fully saturated rings. The number of thiophene rings is 1. The van der Waals surface area contributed by atoms with Gasteiger partial charge in [0.15, 0.2) is 0 Å². The van der Waals surface area contributed by atoms with Crippen molar-refractivity contribution in [3.8, 4) is 5.69 Å². The Balaban J connectivity index is 2.11. The number of nitrogens with zero attached hydrogens (tertiary/aromatic N) is 1. The van der Waals surface area contributed by atoms with Gasteiger partial charge in [-0.05, 0) is 36.8 Å². The zero-order valence-corrected chi connectivity index (χ0v) is 9.20. The van der Waals surface area contributed by atoms with Gasteiger partial charge in [0, 0.05) is 22.8 Å². The van der Waals surface area contributed by atoms with Crippen LogP contribution in [0.4, 0.5) is 0 Å². The van der Waals surface area contributed by atoms with Gasteiger partial charge >= 0.3 is 0 Å². The lowest BCUT2D eigenvalue weighted by Crippen LogP contribution is -2.10. The first kappa shape index (κ1) is 9.19. The van der Waals surface area contributed by atoms with Gasteiger partial charge in [-0.15, -0.1) is 0 Å². The lowest BCUT2D eigenvalue weighted by atomic mass is 9.95. The summed E-state index contributed by atoms with van der Waals surface area (Å²) in [5.74, 6) is 0. The first-order valence-electron chi connectivity index (χ1n) is 5.27. The Morgan fingerprint density at radius 2 is 2.33 bits per heavy atom. The minimum Gasteiger partial charge on any atom is -0.388 e. The molecule has 2 aromatic rings. The van der Waals surface area contributed by atoms with E-state index in [1.807, 2.05) is 0 Å². The molecule has 1 aliphatic carbocycles. The van der Waals surface area contributed by atoms with Crippen molar-refractivity contribution in [2.24, 2.45) is 0 Å². The van der Waals surface area contributed by atoms with Crippen molar-refractivity contribution in [1.29, 1.82) is 0 Å². The van der Waals surface area contributed by atoms with Crippen molar-refractivity contribution in [2.75, 3.05) is 0 Å². The van der Waals surface area contributed by atoms with E-state index in [0.717, 1.165) is 24.8 Å². The molecular weight excluding hydrogens is 206 g/mol. The minimum absolute atomic E-state index is 0.256. The maximum atomic E-state index is 9.86. The van der Waals surface area contributed by atoms with E-state index in [-0.39, 0.29) is 6.10 Å². The van der Waals surface area contributed by atoms with E-state index in [1.54, 1.807) is 11.3 Å². The highest BCUT2D eigenvalue weighted by molar-refractivity contribution is 7.08. The molecule has 0 saturated heterocycles. The SMILES string of the molecule is OC1CCCc2c1ccn2-c1ccsc1. The molecule has 0 radical (unpaired) electrons. The first-order chi connectivity index (χ1) is 7.36. The van der Waals surface area contributed by atoms with Gasteiger partial charge in [-0.25, -0.2) is 0 Å². The topological polar surface area (TPSA) is 25.2 Å². The van der Waals surface area contributed by atoms with E-state index in [9.17, 15) is 5.11 Å². The molecule has 1 N–H and O–H groups in total. The summed E-state index contributed by atoms with van der Waals surface area (Å²) < 4.78 is 2.20. The number of aromatic nitrogens is 1. The number of fused-ring (bicyclic) bond motifs is 1. The molecule has 2 nitrogen and oxygen atoms in total.